The molecule has 0 radical (unpaired) electrons. The lowest BCUT2D eigenvalue weighted by Gasteiger charge is -2.62. The van der Waals surface area contributed by atoms with Crippen molar-refractivity contribution < 1.29 is 34.1 Å². The van der Waals surface area contributed by atoms with E-state index in [-0.39, 0.29) is 54.3 Å². The average molecular weight is 873 g/mol. The van der Waals surface area contributed by atoms with Crippen LogP contribution in [0, 0.1) is 40.9 Å². The van der Waals surface area contributed by atoms with Crippen molar-refractivity contribution in [3.05, 3.63) is 82.8 Å². The molecule has 11 atom stereocenters. The molecule has 13 nitrogen and oxygen atoms in total. The molecule has 1 aromatic rings. The van der Waals surface area contributed by atoms with E-state index >= 15 is 0 Å². The predicted octanol–water partition coefficient (Wildman–Crippen LogP) is 4.01. The number of allylic oxidation sites excluding steroid dienone is 4. The van der Waals surface area contributed by atoms with Gasteiger partial charge in [0, 0.05) is 81.0 Å². The summed E-state index contributed by atoms with van der Waals surface area (Å²) in [5.41, 5.74) is 4.04. The SMILES string of the molecule is C[C@@H]1[C@@H](NC(=O)[C@@H]2[C@H]([C@H](C)O)[C@H](CO)ON2CC2=C(OCCN3CCOCC3)C(C3C=C(C(=O)NC(Cc4ccccc4)CN(C)C)C=C(N(C)C)C3)CC=C2)C[C@H]2C[C@@H]1C2(C)C. The van der Waals surface area contributed by atoms with Crippen molar-refractivity contribution in [2.45, 2.75) is 90.1 Å². The van der Waals surface area contributed by atoms with Crippen LogP contribution in [0.1, 0.15) is 58.9 Å². The predicted molar refractivity (Wildman–Crippen MR) is 245 cm³/mol. The van der Waals surface area contributed by atoms with Crippen molar-refractivity contribution in [2.75, 3.05) is 87.3 Å². The Labute approximate surface area is 376 Å². The van der Waals surface area contributed by atoms with Crippen LogP contribution in [0.3, 0.4) is 0 Å². The summed E-state index contributed by atoms with van der Waals surface area (Å²) in [6.45, 7) is 13.5. The molecule has 2 saturated heterocycles. The van der Waals surface area contributed by atoms with E-state index in [0.29, 0.717) is 56.1 Å². The van der Waals surface area contributed by atoms with E-state index in [2.05, 4.69) is 76.5 Å². The van der Waals surface area contributed by atoms with Crippen molar-refractivity contribution in [3.63, 3.8) is 0 Å². The van der Waals surface area contributed by atoms with E-state index in [1.807, 2.05) is 52.5 Å². The van der Waals surface area contributed by atoms with Crippen LogP contribution in [-0.2, 0) is 30.3 Å². The number of aliphatic hydroxyl groups excluding tert-OH is 2. The van der Waals surface area contributed by atoms with E-state index in [4.69, 9.17) is 14.3 Å². The average Bonchev–Trinajstić information content (AvgIpc) is 3.63. The number of nitrogens with one attached hydrogen (secondary N) is 2. The van der Waals surface area contributed by atoms with Crippen LogP contribution in [0.2, 0.25) is 0 Å². The minimum absolute atomic E-state index is 0.0381. The summed E-state index contributed by atoms with van der Waals surface area (Å²) in [7, 11) is 8.11. The Kier molecular flexibility index (Phi) is 15.6. The molecule has 2 amide bonds. The number of aliphatic hydroxyl groups is 2. The topological polar surface area (TPSA) is 139 Å². The first-order valence-electron chi connectivity index (χ1n) is 23.6. The highest BCUT2D eigenvalue weighted by Crippen LogP contribution is 2.61. The summed E-state index contributed by atoms with van der Waals surface area (Å²) in [5.74, 6) is 1.21. The molecule has 7 aliphatic rings. The van der Waals surface area contributed by atoms with Crippen LogP contribution in [0.4, 0.5) is 0 Å². The van der Waals surface area contributed by atoms with Gasteiger partial charge in [-0.3, -0.25) is 19.3 Å². The Bertz CT molecular complexity index is 1860. The number of amides is 2. The lowest BCUT2D eigenvalue weighted by Crippen LogP contribution is -2.62. The van der Waals surface area contributed by atoms with Gasteiger partial charge in [-0.2, -0.15) is 5.06 Å². The minimum atomic E-state index is -0.898. The van der Waals surface area contributed by atoms with E-state index in [0.717, 1.165) is 55.9 Å². The zero-order valence-electron chi connectivity index (χ0n) is 39.2. The molecule has 8 rings (SSSR count). The number of hydrogen-bond donors (Lipinski definition) is 4. The maximum absolute atomic E-state index is 14.6. The fourth-order valence-electron chi connectivity index (χ4n) is 11.5. The summed E-state index contributed by atoms with van der Waals surface area (Å²) < 4.78 is 12.5. The Morgan fingerprint density at radius 1 is 1.08 bits per heavy atom. The third-order valence-electron chi connectivity index (χ3n) is 15.3. The molecule has 13 heteroatoms. The van der Waals surface area contributed by atoms with Gasteiger partial charge in [-0.15, -0.1) is 0 Å². The number of likely N-dealkylation sites (N-methyl/N-ethyl adjacent to an activating group) is 1. The molecule has 4 N–H and O–H groups in total. The second-order valence-corrected chi connectivity index (χ2v) is 20.3. The standard InChI is InChI=1S/C50H76N6O7/c1-32-42-27-38(50(42,3)4)28-43(32)52-49(60)46-45(33(2)58)44(31-57)63-56(46)29-35-15-12-16-41(47(35)62-22-19-55-17-20-61-21-18-55)36-24-37(26-40(25-36)54(7)8)48(59)51-39(30-53(5)6)23-34-13-10-9-11-14-34/h9-15,24,26,32-33,36,38-39,41-46,57-58H,16-23,25,27-31H2,1-8H3,(H,51,59)(H,52,60)/t32-,33-,36?,38+,39?,41?,42-,43-,44-,45+,46-/m0/s1. The number of hydrogen-bond acceptors (Lipinski definition) is 11. The van der Waals surface area contributed by atoms with Crippen molar-refractivity contribution >= 4 is 11.8 Å². The van der Waals surface area contributed by atoms with Crippen LogP contribution in [0.5, 0.6) is 0 Å². The second-order valence-electron chi connectivity index (χ2n) is 20.3. The molecular weight excluding hydrogens is 797 g/mol. The van der Waals surface area contributed by atoms with Crippen LogP contribution in [0.15, 0.2) is 77.2 Å². The zero-order chi connectivity index (χ0) is 45.0. The number of morpholine rings is 1. The molecule has 2 bridgehead atoms. The molecule has 2 aliphatic heterocycles. The van der Waals surface area contributed by atoms with Gasteiger partial charge in [0.05, 0.1) is 32.5 Å². The van der Waals surface area contributed by atoms with Crippen LogP contribution in [0.25, 0.3) is 0 Å². The highest BCUT2D eigenvalue weighted by Gasteiger charge is 2.57. The summed E-state index contributed by atoms with van der Waals surface area (Å²) in [5, 5.41) is 30.2. The molecule has 63 heavy (non-hydrogen) atoms. The number of ether oxygens (including phenoxy) is 2. The van der Waals surface area contributed by atoms with Crippen molar-refractivity contribution in [1.29, 1.82) is 0 Å². The molecule has 3 unspecified atom stereocenters. The summed E-state index contributed by atoms with van der Waals surface area (Å²) in [4.78, 5) is 41.9. The summed E-state index contributed by atoms with van der Waals surface area (Å²) in [6, 6.07) is 9.41. The Morgan fingerprint density at radius 3 is 2.48 bits per heavy atom. The van der Waals surface area contributed by atoms with Crippen LogP contribution in [-0.4, -0.2) is 159 Å². The van der Waals surface area contributed by atoms with Crippen LogP contribution < -0.4 is 10.6 Å². The van der Waals surface area contributed by atoms with E-state index in [1.54, 1.807) is 12.0 Å². The van der Waals surface area contributed by atoms with Gasteiger partial charge in [-0.05, 0) is 93.8 Å². The molecule has 1 aromatic carbocycles. The third-order valence-corrected chi connectivity index (χ3v) is 15.3. The van der Waals surface area contributed by atoms with Crippen molar-refractivity contribution in [2.24, 2.45) is 40.9 Å². The maximum Gasteiger partial charge on any atom is 0.251 e. The van der Waals surface area contributed by atoms with Gasteiger partial charge in [0.15, 0.2) is 0 Å². The highest BCUT2D eigenvalue weighted by molar-refractivity contribution is 5.96. The normalized spacial score (nSPS) is 31.8. The van der Waals surface area contributed by atoms with Crippen molar-refractivity contribution in [3.8, 4) is 0 Å². The number of fused-ring (bicyclic) bond motifs is 2. The maximum atomic E-state index is 14.6. The number of benzene rings is 1. The van der Waals surface area contributed by atoms with Gasteiger partial charge >= 0.3 is 0 Å². The van der Waals surface area contributed by atoms with Gasteiger partial charge in [0.25, 0.3) is 5.91 Å². The molecule has 348 valence electrons. The van der Waals surface area contributed by atoms with E-state index in [1.165, 1.54) is 12.0 Å². The molecule has 0 aromatic heterocycles. The molecule has 5 aliphatic carbocycles. The number of hydroxylamine groups is 2. The molecule has 5 fully saturated rings. The summed E-state index contributed by atoms with van der Waals surface area (Å²) >= 11 is 0. The first-order chi connectivity index (χ1) is 30.1. The van der Waals surface area contributed by atoms with Crippen molar-refractivity contribution in [1.82, 2.24) is 30.4 Å². The monoisotopic (exact) mass is 873 g/mol. The largest absolute Gasteiger partial charge is 0.496 e. The van der Waals surface area contributed by atoms with Gasteiger partial charge in [0.1, 0.15) is 24.5 Å². The quantitative estimate of drug-likeness (QED) is 0.170. The first-order valence-corrected chi connectivity index (χ1v) is 23.6. The molecule has 2 heterocycles. The Hall–Kier alpha value is -3.56. The fourth-order valence-corrected chi connectivity index (χ4v) is 11.5. The van der Waals surface area contributed by atoms with Gasteiger partial charge in [-0.1, -0.05) is 69.3 Å². The van der Waals surface area contributed by atoms with Gasteiger partial charge < -0.3 is 40.1 Å². The highest BCUT2D eigenvalue weighted by atomic mass is 16.7. The second kappa shape index (κ2) is 20.7. The number of nitrogens with zero attached hydrogens (tertiary/aromatic N) is 4. The Balaban J connectivity index is 1.17. The lowest BCUT2D eigenvalue weighted by molar-refractivity contribution is -0.173. The fraction of sp³-hybridized carbons (Fsp3) is 0.680. The number of carbonyl (C=O) groups excluding carboxylic acids is 2. The summed E-state index contributed by atoms with van der Waals surface area (Å²) in [6.07, 6.45) is 11.0. The molecule has 0 spiro atoms. The Morgan fingerprint density at radius 2 is 1.83 bits per heavy atom. The van der Waals surface area contributed by atoms with E-state index < -0.39 is 24.2 Å². The molecule has 3 saturated carbocycles. The lowest BCUT2D eigenvalue weighted by atomic mass is 9.45. The zero-order valence-corrected chi connectivity index (χ0v) is 39.2. The van der Waals surface area contributed by atoms with Gasteiger partial charge in [0.2, 0.25) is 5.91 Å². The van der Waals surface area contributed by atoms with Gasteiger partial charge in [-0.25, -0.2) is 0 Å². The molecular formula is C50H76N6O7. The first kappa shape index (κ1) is 47.4. The smallest absolute Gasteiger partial charge is 0.251 e. The number of carbonyl (C=O) groups is 2. The van der Waals surface area contributed by atoms with Crippen LogP contribution >= 0.6 is 0 Å². The van der Waals surface area contributed by atoms with E-state index in [9.17, 15) is 19.8 Å². The number of rotatable bonds is 18. The third kappa shape index (κ3) is 10.9. The minimum Gasteiger partial charge on any atom is -0.496 e.